The molecule has 30 heavy (non-hydrogen) atoms. The van der Waals surface area contributed by atoms with Gasteiger partial charge in [0.05, 0.1) is 13.2 Å². The lowest BCUT2D eigenvalue weighted by atomic mass is 10.1. The maximum absolute atomic E-state index is 9.95. The standard InChI is InChI=1S/C25H48O5/c1-2-3-4-5-6-7-8-9-10-11-12-13-14-15-16-17-18-19-29-20-23(27)25-24(28)22(26)21-30-25/h10-11,22-28H,2-9,12-21H2,1H3/b11-10+/t22-,23+,24+,25+/m1/s1. The molecule has 3 N–H and O–H groups in total. The van der Waals surface area contributed by atoms with Gasteiger partial charge in [0.25, 0.3) is 0 Å². The van der Waals surface area contributed by atoms with Crippen LogP contribution in [0.25, 0.3) is 0 Å². The Morgan fingerprint density at radius 2 is 1.37 bits per heavy atom. The van der Waals surface area contributed by atoms with E-state index in [-0.39, 0.29) is 13.2 Å². The van der Waals surface area contributed by atoms with Crippen molar-refractivity contribution in [2.75, 3.05) is 19.8 Å². The molecule has 0 amide bonds. The quantitative estimate of drug-likeness (QED) is 0.190. The fourth-order valence-electron chi connectivity index (χ4n) is 3.89. The Balaban J connectivity index is 1.77. The van der Waals surface area contributed by atoms with Crippen molar-refractivity contribution in [1.29, 1.82) is 0 Å². The Bertz CT molecular complexity index is 401. The van der Waals surface area contributed by atoms with Crippen LogP contribution < -0.4 is 0 Å². The summed E-state index contributed by atoms with van der Waals surface area (Å²) in [7, 11) is 0. The first-order chi connectivity index (χ1) is 14.7. The van der Waals surface area contributed by atoms with E-state index in [0.717, 1.165) is 12.8 Å². The van der Waals surface area contributed by atoms with Crippen molar-refractivity contribution in [1.82, 2.24) is 0 Å². The largest absolute Gasteiger partial charge is 0.388 e. The van der Waals surface area contributed by atoms with E-state index in [1.54, 1.807) is 0 Å². The Kier molecular flexibility index (Phi) is 17.7. The van der Waals surface area contributed by atoms with Gasteiger partial charge in [-0.2, -0.15) is 0 Å². The number of ether oxygens (including phenoxy) is 2. The zero-order valence-electron chi connectivity index (χ0n) is 19.4. The molecule has 0 spiro atoms. The molecule has 1 aliphatic heterocycles. The number of hydrogen-bond acceptors (Lipinski definition) is 5. The lowest BCUT2D eigenvalue weighted by Gasteiger charge is -2.20. The average molecular weight is 429 g/mol. The number of unbranched alkanes of at least 4 members (excludes halogenated alkanes) is 13. The molecule has 1 saturated heterocycles. The van der Waals surface area contributed by atoms with Crippen molar-refractivity contribution in [2.24, 2.45) is 0 Å². The normalized spacial score (nSPS) is 22.9. The van der Waals surface area contributed by atoms with E-state index in [0.29, 0.717) is 6.61 Å². The lowest BCUT2D eigenvalue weighted by molar-refractivity contribution is -0.0813. The van der Waals surface area contributed by atoms with Crippen molar-refractivity contribution in [2.45, 2.75) is 128 Å². The first-order valence-corrected chi connectivity index (χ1v) is 12.5. The highest BCUT2D eigenvalue weighted by Crippen LogP contribution is 2.18. The molecule has 1 aliphatic rings. The SMILES string of the molecule is CCCCCCCCC/C=C/CCCCCCCCOC[C@H](O)[C@@H]1OC[C@@H](O)[C@@H]1O. The summed E-state index contributed by atoms with van der Waals surface area (Å²) in [5.41, 5.74) is 0. The summed E-state index contributed by atoms with van der Waals surface area (Å²) < 4.78 is 10.7. The van der Waals surface area contributed by atoms with Crippen LogP contribution in [0.2, 0.25) is 0 Å². The molecule has 1 fully saturated rings. The molecule has 0 aliphatic carbocycles. The predicted octanol–water partition coefficient (Wildman–Crippen LogP) is 4.91. The van der Waals surface area contributed by atoms with Gasteiger partial charge in [-0.25, -0.2) is 0 Å². The van der Waals surface area contributed by atoms with Crippen molar-refractivity contribution in [3.8, 4) is 0 Å². The summed E-state index contributed by atoms with van der Waals surface area (Å²) in [5.74, 6) is 0. The molecule has 1 rings (SSSR count). The minimum absolute atomic E-state index is 0.0673. The molecule has 5 heteroatoms. The molecule has 5 nitrogen and oxygen atoms in total. The molecular formula is C25H48O5. The van der Waals surface area contributed by atoms with Crippen LogP contribution in [0, 0.1) is 0 Å². The third-order valence-corrected chi connectivity index (χ3v) is 5.91. The molecule has 0 bridgehead atoms. The Morgan fingerprint density at radius 3 is 1.90 bits per heavy atom. The Labute approximate surface area is 184 Å². The summed E-state index contributed by atoms with van der Waals surface area (Å²) >= 11 is 0. The van der Waals surface area contributed by atoms with E-state index >= 15 is 0 Å². The van der Waals surface area contributed by atoms with E-state index in [2.05, 4.69) is 19.1 Å². The fourth-order valence-corrected chi connectivity index (χ4v) is 3.89. The van der Waals surface area contributed by atoms with Crippen LogP contribution in [0.15, 0.2) is 12.2 Å². The van der Waals surface area contributed by atoms with Crippen LogP contribution in [0.5, 0.6) is 0 Å². The van der Waals surface area contributed by atoms with Crippen molar-refractivity contribution in [3.63, 3.8) is 0 Å². The highest BCUT2D eigenvalue weighted by Gasteiger charge is 2.39. The van der Waals surface area contributed by atoms with Crippen LogP contribution >= 0.6 is 0 Å². The van der Waals surface area contributed by atoms with Gasteiger partial charge in [-0.3, -0.25) is 0 Å². The zero-order valence-corrected chi connectivity index (χ0v) is 19.4. The minimum atomic E-state index is -1.03. The molecule has 0 radical (unpaired) electrons. The van der Waals surface area contributed by atoms with Gasteiger partial charge in [-0.05, 0) is 32.1 Å². The molecule has 0 aromatic carbocycles. The zero-order chi connectivity index (χ0) is 21.9. The lowest BCUT2D eigenvalue weighted by Crippen LogP contribution is -2.40. The Hall–Kier alpha value is -0.460. The molecule has 0 aromatic rings. The molecule has 4 atom stereocenters. The number of aliphatic hydroxyl groups excluding tert-OH is 3. The van der Waals surface area contributed by atoms with Gasteiger partial charge in [0.2, 0.25) is 0 Å². The van der Waals surface area contributed by atoms with E-state index in [9.17, 15) is 15.3 Å². The molecule has 0 saturated carbocycles. The van der Waals surface area contributed by atoms with Gasteiger partial charge in [0, 0.05) is 6.61 Å². The topological polar surface area (TPSA) is 79.2 Å². The van der Waals surface area contributed by atoms with Crippen LogP contribution in [-0.2, 0) is 9.47 Å². The average Bonchev–Trinajstić information content (AvgIpc) is 3.08. The summed E-state index contributed by atoms with van der Waals surface area (Å²) in [6.07, 6.45) is 20.5. The van der Waals surface area contributed by atoms with E-state index < -0.39 is 24.4 Å². The summed E-state index contributed by atoms with van der Waals surface area (Å²) in [4.78, 5) is 0. The highest BCUT2D eigenvalue weighted by molar-refractivity contribution is 4.87. The monoisotopic (exact) mass is 428 g/mol. The van der Waals surface area contributed by atoms with E-state index in [1.807, 2.05) is 0 Å². The summed E-state index contributed by atoms with van der Waals surface area (Å²) in [5, 5.41) is 29.1. The molecule has 0 unspecified atom stereocenters. The van der Waals surface area contributed by atoms with Crippen LogP contribution in [0.3, 0.4) is 0 Å². The van der Waals surface area contributed by atoms with Crippen molar-refractivity contribution >= 4 is 0 Å². The van der Waals surface area contributed by atoms with Gasteiger partial charge in [0.1, 0.15) is 24.4 Å². The number of hydrogen-bond donors (Lipinski definition) is 3. The van der Waals surface area contributed by atoms with Crippen LogP contribution in [0.1, 0.15) is 103 Å². The first-order valence-electron chi connectivity index (χ1n) is 12.5. The van der Waals surface area contributed by atoms with E-state index in [4.69, 9.17) is 9.47 Å². The first kappa shape index (κ1) is 27.6. The second kappa shape index (κ2) is 19.2. The maximum atomic E-state index is 9.95. The van der Waals surface area contributed by atoms with E-state index in [1.165, 1.54) is 83.5 Å². The highest BCUT2D eigenvalue weighted by atomic mass is 16.5. The second-order valence-corrected chi connectivity index (χ2v) is 8.79. The predicted molar refractivity (Wildman–Crippen MR) is 123 cm³/mol. The smallest absolute Gasteiger partial charge is 0.114 e. The molecule has 0 aromatic heterocycles. The number of allylic oxidation sites excluding steroid dienone is 2. The maximum Gasteiger partial charge on any atom is 0.114 e. The Morgan fingerprint density at radius 1 is 0.833 bits per heavy atom. The minimum Gasteiger partial charge on any atom is -0.388 e. The van der Waals surface area contributed by atoms with Crippen LogP contribution in [-0.4, -0.2) is 59.6 Å². The third kappa shape index (κ3) is 13.8. The molecule has 1 heterocycles. The van der Waals surface area contributed by atoms with Gasteiger partial charge in [-0.15, -0.1) is 0 Å². The summed E-state index contributed by atoms with van der Waals surface area (Å²) in [6.45, 7) is 3.09. The molecule has 178 valence electrons. The number of rotatable bonds is 20. The van der Waals surface area contributed by atoms with Gasteiger partial charge in [0.15, 0.2) is 0 Å². The summed E-state index contributed by atoms with van der Waals surface area (Å²) in [6, 6.07) is 0. The third-order valence-electron chi connectivity index (χ3n) is 5.91. The van der Waals surface area contributed by atoms with Gasteiger partial charge in [-0.1, -0.05) is 83.3 Å². The fraction of sp³-hybridized carbons (Fsp3) is 0.920. The second-order valence-electron chi connectivity index (χ2n) is 8.79. The van der Waals surface area contributed by atoms with Crippen LogP contribution in [0.4, 0.5) is 0 Å². The van der Waals surface area contributed by atoms with Gasteiger partial charge < -0.3 is 24.8 Å². The molecular weight excluding hydrogens is 380 g/mol. The van der Waals surface area contributed by atoms with Crippen molar-refractivity contribution < 1.29 is 24.8 Å². The van der Waals surface area contributed by atoms with Crippen molar-refractivity contribution in [3.05, 3.63) is 12.2 Å². The van der Waals surface area contributed by atoms with Gasteiger partial charge >= 0.3 is 0 Å². The number of aliphatic hydroxyl groups is 3.